The molecule has 126 valence electrons. The van der Waals surface area contributed by atoms with E-state index in [0.717, 1.165) is 42.6 Å². The average molecular weight is 365 g/mol. The molecule has 1 fully saturated rings. The van der Waals surface area contributed by atoms with Gasteiger partial charge in [0.1, 0.15) is 0 Å². The van der Waals surface area contributed by atoms with Gasteiger partial charge in [-0.25, -0.2) is 0 Å². The van der Waals surface area contributed by atoms with E-state index in [2.05, 4.69) is 15.5 Å². The number of nitrogens with one attached hydrogen (secondary N) is 2. The number of aromatic nitrogens is 2. The van der Waals surface area contributed by atoms with Crippen LogP contribution in [0.15, 0.2) is 18.2 Å². The van der Waals surface area contributed by atoms with Crippen molar-refractivity contribution in [3.8, 4) is 0 Å². The Morgan fingerprint density at radius 3 is 2.88 bits per heavy atom. The zero-order valence-electron chi connectivity index (χ0n) is 13.1. The summed E-state index contributed by atoms with van der Waals surface area (Å²) in [6, 6.07) is 5.80. The highest BCUT2D eigenvalue weighted by Crippen LogP contribution is 2.32. The van der Waals surface area contributed by atoms with Crippen molar-refractivity contribution in [2.45, 2.75) is 38.4 Å². The minimum atomic E-state index is -0.00947. The monoisotopic (exact) mass is 364 g/mol. The lowest BCUT2D eigenvalue weighted by atomic mass is 10.1. The number of H-pyrrole nitrogens is 1. The molecule has 4 rings (SSSR count). The Morgan fingerprint density at radius 1 is 1.29 bits per heavy atom. The molecule has 0 atom stereocenters. The molecule has 7 heteroatoms. The lowest BCUT2D eigenvalue weighted by molar-refractivity contribution is 0.0722. The first-order chi connectivity index (χ1) is 11.6. The van der Waals surface area contributed by atoms with Crippen LogP contribution in [0.25, 0.3) is 0 Å². The average Bonchev–Trinajstić information content (AvgIpc) is 3.33. The van der Waals surface area contributed by atoms with E-state index in [1.165, 1.54) is 0 Å². The quantitative estimate of drug-likeness (QED) is 0.875. The van der Waals surface area contributed by atoms with Crippen molar-refractivity contribution in [1.82, 2.24) is 20.4 Å². The maximum Gasteiger partial charge on any atom is 0.275 e. The highest BCUT2D eigenvalue weighted by atomic mass is 35.5. The van der Waals surface area contributed by atoms with Crippen LogP contribution in [0.2, 0.25) is 10.0 Å². The molecule has 2 N–H and O–H groups in total. The lowest BCUT2D eigenvalue weighted by Crippen LogP contribution is -2.34. The van der Waals surface area contributed by atoms with Crippen LogP contribution < -0.4 is 5.32 Å². The molecule has 1 aliphatic heterocycles. The molecule has 1 aliphatic carbocycles. The Bertz CT molecular complexity index is 785. The maximum atomic E-state index is 13.1. The Hall–Kier alpha value is -1.56. The zero-order valence-corrected chi connectivity index (χ0v) is 14.6. The van der Waals surface area contributed by atoms with Crippen LogP contribution in [-0.2, 0) is 19.5 Å². The van der Waals surface area contributed by atoms with Crippen LogP contribution in [0.4, 0.5) is 0 Å². The van der Waals surface area contributed by atoms with Gasteiger partial charge in [-0.3, -0.25) is 9.89 Å². The molecule has 0 saturated heterocycles. The number of carbonyl (C=O) groups excluding carboxylic acids is 1. The van der Waals surface area contributed by atoms with Crippen molar-refractivity contribution >= 4 is 29.1 Å². The van der Waals surface area contributed by atoms with E-state index in [1.807, 2.05) is 17.0 Å². The Balaban J connectivity index is 1.60. The fourth-order valence-electron chi connectivity index (χ4n) is 3.13. The predicted molar refractivity (Wildman–Crippen MR) is 93.4 cm³/mol. The molecule has 1 aromatic carbocycles. The molecule has 2 aromatic rings. The van der Waals surface area contributed by atoms with Gasteiger partial charge in [0.2, 0.25) is 0 Å². The summed E-state index contributed by atoms with van der Waals surface area (Å²) in [5, 5.41) is 11.7. The van der Waals surface area contributed by atoms with Gasteiger partial charge >= 0.3 is 0 Å². The standard InChI is InChI=1S/C17H18Cl2N4O/c18-13-4-1-10(7-14(13)19)9-23(11-2-3-11)17(24)16-12-8-20-6-5-15(12)21-22-16/h1,4,7,11,20H,2-3,5-6,8-9H2,(H,21,22). The van der Waals surface area contributed by atoms with E-state index in [1.54, 1.807) is 6.07 Å². The first kappa shape index (κ1) is 15.9. The second-order valence-electron chi connectivity index (χ2n) is 6.37. The molecule has 0 spiro atoms. The van der Waals surface area contributed by atoms with E-state index < -0.39 is 0 Å². The fourth-order valence-corrected chi connectivity index (χ4v) is 3.45. The first-order valence-corrected chi connectivity index (χ1v) is 8.91. The van der Waals surface area contributed by atoms with E-state index in [-0.39, 0.29) is 11.9 Å². The van der Waals surface area contributed by atoms with Gasteiger partial charge in [-0.15, -0.1) is 0 Å². The summed E-state index contributed by atoms with van der Waals surface area (Å²) in [5.41, 5.74) is 3.60. The van der Waals surface area contributed by atoms with Crippen molar-refractivity contribution in [2.24, 2.45) is 0 Å². The molecule has 1 aromatic heterocycles. The molecular weight excluding hydrogens is 347 g/mol. The van der Waals surface area contributed by atoms with Gasteiger partial charge < -0.3 is 10.2 Å². The molecule has 1 amide bonds. The number of halogens is 2. The SMILES string of the molecule is O=C(c1n[nH]c2c1CNCC2)N(Cc1ccc(Cl)c(Cl)c1)C1CC1. The number of rotatable bonds is 4. The Kier molecular flexibility index (Phi) is 4.24. The second-order valence-corrected chi connectivity index (χ2v) is 7.18. The second kappa shape index (κ2) is 6.39. The van der Waals surface area contributed by atoms with Crippen molar-refractivity contribution in [3.63, 3.8) is 0 Å². The first-order valence-electron chi connectivity index (χ1n) is 8.15. The summed E-state index contributed by atoms with van der Waals surface area (Å²) in [6.45, 7) is 2.13. The smallest absolute Gasteiger partial charge is 0.275 e. The maximum absolute atomic E-state index is 13.1. The number of aromatic amines is 1. The van der Waals surface area contributed by atoms with Gasteiger partial charge in [0.05, 0.1) is 10.0 Å². The Labute approximate surface area is 150 Å². The normalized spacial score (nSPS) is 16.8. The number of hydrogen-bond acceptors (Lipinski definition) is 3. The molecule has 0 bridgehead atoms. The summed E-state index contributed by atoms with van der Waals surface area (Å²) < 4.78 is 0. The number of hydrogen-bond donors (Lipinski definition) is 2. The predicted octanol–water partition coefficient (Wildman–Crippen LogP) is 3.17. The third-order valence-electron chi connectivity index (χ3n) is 4.59. The summed E-state index contributed by atoms with van der Waals surface area (Å²) in [4.78, 5) is 15.0. The topological polar surface area (TPSA) is 61.0 Å². The third kappa shape index (κ3) is 3.04. The van der Waals surface area contributed by atoms with Gasteiger partial charge in [-0.2, -0.15) is 5.10 Å². The number of fused-ring (bicyclic) bond motifs is 1. The van der Waals surface area contributed by atoms with E-state index in [0.29, 0.717) is 28.8 Å². The highest BCUT2D eigenvalue weighted by Gasteiger charge is 2.35. The molecular formula is C17H18Cl2N4O. The molecule has 2 heterocycles. The minimum absolute atomic E-state index is 0.00947. The summed E-state index contributed by atoms with van der Waals surface area (Å²) in [7, 11) is 0. The van der Waals surface area contributed by atoms with Crippen molar-refractivity contribution < 1.29 is 4.79 Å². The van der Waals surface area contributed by atoms with Gasteiger partial charge in [0.15, 0.2) is 5.69 Å². The van der Waals surface area contributed by atoms with Crippen LogP contribution in [0, 0.1) is 0 Å². The van der Waals surface area contributed by atoms with Crippen molar-refractivity contribution in [2.75, 3.05) is 6.54 Å². The summed E-state index contributed by atoms with van der Waals surface area (Å²) in [5.74, 6) is -0.00947. The Morgan fingerprint density at radius 2 is 2.12 bits per heavy atom. The number of benzene rings is 1. The summed E-state index contributed by atoms with van der Waals surface area (Å²) >= 11 is 12.1. The van der Waals surface area contributed by atoms with Gasteiger partial charge in [0, 0.05) is 43.4 Å². The van der Waals surface area contributed by atoms with Crippen LogP contribution in [-0.4, -0.2) is 33.6 Å². The van der Waals surface area contributed by atoms with Crippen molar-refractivity contribution in [3.05, 3.63) is 50.8 Å². The van der Waals surface area contributed by atoms with E-state index in [4.69, 9.17) is 23.2 Å². The minimum Gasteiger partial charge on any atom is -0.330 e. The van der Waals surface area contributed by atoms with Gasteiger partial charge in [0.25, 0.3) is 5.91 Å². The zero-order chi connectivity index (χ0) is 16.7. The third-order valence-corrected chi connectivity index (χ3v) is 5.33. The van der Waals surface area contributed by atoms with Crippen molar-refractivity contribution in [1.29, 1.82) is 0 Å². The lowest BCUT2D eigenvalue weighted by Gasteiger charge is -2.23. The fraction of sp³-hybridized carbons (Fsp3) is 0.412. The largest absolute Gasteiger partial charge is 0.330 e. The molecule has 5 nitrogen and oxygen atoms in total. The van der Waals surface area contributed by atoms with Crippen LogP contribution >= 0.6 is 23.2 Å². The van der Waals surface area contributed by atoms with Gasteiger partial charge in [-0.1, -0.05) is 29.3 Å². The van der Waals surface area contributed by atoms with Gasteiger partial charge in [-0.05, 0) is 30.5 Å². The van der Waals surface area contributed by atoms with Crippen LogP contribution in [0.5, 0.6) is 0 Å². The molecule has 2 aliphatic rings. The van der Waals surface area contributed by atoms with E-state index in [9.17, 15) is 4.79 Å². The molecule has 0 unspecified atom stereocenters. The molecule has 1 saturated carbocycles. The number of amides is 1. The van der Waals surface area contributed by atoms with Crippen LogP contribution in [0.1, 0.15) is 40.2 Å². The molecule has 24 heavy (non-hydrogen) atoms. The van der Waals surface area contributed by atoms with Crippen LogP contribution in [0.3, 0.4) is 0 Å². The number of carbonyl (C=O) groups is 1. The van der Waals surface area contributed by atoms with E-state index >= 15 is 0 Å². The molecule has 0 radical (unpaired) electrons. The summed E-state index contributed by atoms with van der Waals surface area (Å²) in [6.07, 6.45) is 2.96. The number of nitrogens with zero attached hydrogens (tertiary/aromatic N) is 2. The highest BCUT2D eigenvalue weighted by molar-refractivity contribution is 6.42.